The maximum atomic E-state index is 11.7. The van der Waals surface area contributed by atoms with Gasteiger partial charge in [-0.1, -0.05) is 6.92 Å². The fourth-order valence-corrected chi connectivity index (χ4v) is 1.96. The molecule has 2 unspecified atom stereocenters. The lowest BCUT2D eigenvalue weighted by molar-refractivity contribution is -0.131. The van der Waals surface area contributed by atoms with Gasteiger partial charge in [-0.25, -0.2) is 0 Å². The second-order valence-electron chi connectivity index (χ2n) is 5.35. The van der Waals surface area contributed by atoms with Crippen LogP contribution in [0.1, 0.15) is 34.1 Å². The van der Waals surface area contributed by atoms with Gasteiger partial charge in [-0.15, -0.1) is 0 Å². The van der Waals surface area contributed by atoms with Crippen molar-refractivity contribution in [2.24, 2.45) is 17.6 Å². The second-order valence-corrected chi connectivity index (χ2v) is 5.35. The lowest BCUT2D eigenvalue weighted by Gasteiger charge is -2.32. The highest BCUT2D eigenvalue weighted by Crippen LogP contribution is 2.29. The first-order valence-electron chi connectivity index (χ1n) is 5.36. The highest BCUT2D eigenvalue weighted by molar-refractivity contribution is 5.79. The lowest BCUT2D eigenvalue weighted by atomic mass is 9.93. The molecule has 2 atom stereocenters. The van der Waals surface area contributed by atoms with Crippen LogP contribution in [0.15, 0.2) is 0 Å². The van der Waals surface area contributed by atoms with E-state index in [9.17, 15) is 4.79 Å². The van der Waals surface area contributed by atoms with Gasteiger partial charge in [-0.2, -0.15) is 0 Å². The summed E-state index contributed by atoms with van der Waals surface area (Å²) in [5.41, 5.74) is 5.58. The van der Waals surface area contributed by atoms with E-state index in [-0.39, 0.29) is 11.4 Å². The van der Waals surface area contributed by atoms with E-state index in [0.29, 0.717) is 24.8 Å². The molecule has 1 fully saturated rings. The first-order chi connectivity index (χ1) is 6.36. The lowest BCUT2D eigenvalue weighted by Crippen LogP contribution is -2.42. The van der Waals surface area contributed by atoms with Crippen LogP contribution in [-0.2, 0) is 4.79 Å². The van der Waals surface area contributed by atoms with Gasteiger partial charge < -0.3 is 10.6 Å². The molecule has 0 aromatic heterocycles. The van der Waals surface area contributed by atoms with Crippen LogP contribution in [0.5, 0.6) is 0 Å². The average molecular weight is 198 g/mol. The van der Waals surface area contributed by atoms with Gasteiger partial charge in [0.15, 0.2) is 0 Å². The molecule has 0 bridgehead atoms. The summed E-state index contributed by atoms with van der Waals surface area (Å²) in [6, 6.07) is 0. The largest absolute Gasteiger partial charge is 0.338 e. The van der Waals surface area contributed by atoms with Crippen LogP contribution in [0.2, 0.25) is 0 Å². The van der Waals surface area contributed by atoms with E-state index in [1.807, 2.05) is 4.90 Å². The Kier molecular flexibility index (Phi) is 3.20. The SMILES string of the molecule is CC(CN)C1CC(=O)N(C(C)(C)C)C1. The Balaban J connectivity index is 2.65. The molecule has 2 N–H and O–H groups in total. The Labute approximate surface area is 86.6 Å². The number of likely N-dealkylation sites (tertiary alicyclic amines) is 1. The van der Waals surface area contributed by atoms with Crippen molar-refractivity contribution in [3.8, 4) is 0 Å². The molecule has 0 aromatic carbocycles. The fraction of sp³-hybridized carbons (Fsp3) is 0.909. The third-order valence-corrected chi connectivity index (χ3v) is 3.14. The zero-order valence-electron chi connectivity index (χ0n) is 9.71. The maximum absolute atomic E-state index is 11.7. The van der Waals surface area contributed by atoms with Crippen molar-refractivity contribution in [1.82, 2.24) is 4.90 Å². The van der Waals surface area contributed by atoms with Crippen molar-refractivity contribution in [3.63, 3.8) is 0 Å². The quantitative estimate of drug-likeness (QED) is 0.725. The molecular formula is C11H22N2O. The van der Waals surface area contributed by atoms with Crippen LogP contribution in [0, 0.1) is 11.8 Å². The Bertz CT molecular complexity index is 220. The van der Waals surface area contributed by atoms with Crippen molar-refractivity contribution in [2.75, 3.05) is 13.1 Å². The van der Waals surface area contributed by atoms with E-state index in [4.69, 9.17) is 5.73 Å². The first-order valence-corrected chi connectivity index (χ1v) is 5.36. The number of carbonyl (C=O) groups is 1. The maximum Gasteiger partial charge on any atom is 0.223 e. The molecule has 14 heavy (non-hydrogen) atoms. The average Bonchev–Trinajstić information content (AvgIpc) is 2.45. The Morgan fingerprint density at radius 3 is 2.50 bits per heavy atom. The standard InChI is InChI=1S/C11H22N2O/c1-8(6-12)9-5-10(14)13(7-9)11(2,3)4/h8-9H,5-7,12H2,1-4H3. The molecule has 1 aliphatic rings. The minimum atomic E-state index is -0.0415. The molecule has 1 amide bonds. The van der Waals surface area contributed by atoms with Crippen LogP contribution < -0.4 is 5.73 Å². The van der Waals surface area contributed by atoms with Crippen molar-refractivity contribution in [3.05, 3.63) is 0 Å². The normalized spacial score (nSPS) is 25.6. The summed E-state index contributed by atoms with van der Waals surface area (Å²) in [4.78, 5) is 13.7. The second kappa shape index (κ2) is 3.89. The van der Waals surface area contributed by atoms with Gasteiger partial charge in [-0.05, 0) is 39.2 Å². The number of nitrogens with zero attached hydrogens (tertiary/aromatic N) is 1. The molecule has 1 heterocycles. The first kappa shape index (κ1) is 11.5. The van der Waals surface area contributed by atoms with E-state index < -0.39 is 0 Å². The molecule has 0 radical (unpaired) electrons. The van der Waals surface area contributed by atoms with Crippen LogP contribution in [0.4, 0.5) is 0 Å². The molecule has 0 saturated carbocycles. The van der Waals surface area contributed by atoms with Gasteiger partial charge in [0.1, 0.15) is 0 Å². The Morgan fingerprint density at radius 1 is 1.57 bits per heavy atom. The molecular weight excluding hydrogens is 176 g/mol. The van der Waals surface area contributed by atoms with Crippen molar-refractivity contribution in [2.45, 2.75) is 39.7 Å². The molecule has 0 spiro atoms. The Morgan fingerprint density at radius 2 is 2.14 bits per heavy atom. The zero-order valence-corrected chi connectivity index (χ0v) is 9.71. The molecule has 1 rings (SSSR count). The highest BCUT2D eigenvalue weighted by Gasteiger charge is 2.37. The van der Waals surface area contributed by atoms with Crippen molar-refractivity contribution >= 4 is 5.91 Å². The number of amides is 1. The molecule has 0 aliphatic carbocycles. The smallest absolute Gasteiger partial charge is 0.223 e. The summed E-state index contributed by atoms with van der Waals surface area (Å²) in [5, 5.41) is 0. The summed E-state index contributed by atoms with van der Waals surface area (Å²) in [6.45, 7) is 9.93. The number of rotatable bonds is 2. The topological polar surface area (TPSA) is 46.3 Å². The number of nitrogens with two attached hydrogens (primary N) is 1. The van der Waals surface area contributed by atoms with Gasteiger partial charge >= 0.3 is 0 Å². The van der Waals surface area contributed by atoms with E-state index in [1.54, 1.807) is 0 Å². The summed E-state index contributed by atoms with van der Waals surface area (Å²) in [7, 11) is 0. The van der Waals surface area contributed by atoms with Crippen molar-refractivity contribution in [1.29, 1.82) is 0 Å². The van der Waals surface area contributed by atoms with Gasteiger partial charge in [-0.3, -0.25) is 4.79 Å². The third-order valence-electron chi connectivity index (χ3n) is 3.14. The van der Waals surface area contributed by atoms with E-state index in [2.05, 4.69) is 27.7 Å². The highest BCUT2D eigenvalue weighted by atomic mass is 16.2. The minimum Gasteiger partial charge on any atom is -0.338 e. The predicted molar refractivity (Wildman–Crippen MR) is 57.8 cm³/mol. The van der Waals surface area contributed by atoms with Crippen LogP contribution in [0.3, 0.4) is 0 Å². The zero-order chi connectivity index (χ0) is 10.9. The number of hydrogen-bond donors (Lipinski definition) is 1. The summed E-state index contributed by atoms with van der Waals surface area (Å²) >= 11 is 0. The van der Waals surface area contributed by atoms with Gasteiger partial charge in [0.2, 0.25) is 5.91 Å². The fourth-order valence-electron chi connectivity index (χ4n) is 1.96. The summed E-state index contributed by atoms with van der Waals surface area (Å²) in [6.07, 6.45) is 0.676. The van der Waals surface area contributed by atoms with Crippen LogP contribution in [-0.4, -0.2) is 29.4 Å². The van der Waals surface area contributed by atoms with Crippen molar-refractivity contribution < 1.29 is 4.79 Å². The van der Waals surface area contributed by atoms with Gasteiger partial charge in [0.05, 0.1) is 0 Å². The van der Waals surface area contributed by atoms with Crippen LogP contribution in [0.25, 0.3) is 0 Å². The van der Waals surface area contributed by atoms with Crippen LogP contribution >= 0.6 is 0 Å². The van der Waals surface area contributed by atoms with Gasteiger partial charge in [0.25, 0.3) is 0 Å². The molecule has 82 valence electrons. The molecule has 0 aromatic rings. The number of carbonyl (C=O) groups excluding carboxylic acids is 1. The monoisotopic (exact) mass is 198 g/mol. The number of hydrogen-bond acceptors (Lipinski definition) is 2. The summed E-state index contributed by atoms with van der Waals surface area (Å²) in [5.74, 6) is 1.18. The van der Waals surface area contributed by atoms with E-state index >= 15 is 0 Å². The molecule has 3 heteroatoms. The third kappa shape index (κ3) is 2.27. The molecule has 1 aliphatic heterocycles. The molecule has 1 saturated heterocycles. The Hall–Kier alpha value is -0.570. The van der Waals surface area contributed by atoms with E-state index in [0.717, 1.165) is 6.54 Å². The molecule has 3 nitrogen and oxygen atoms in total. The predicted octanol–water partition coefficient (Wildman–Crippen LogP) is 1.23. The van der Waals surface area contributed by atoms with Gasteiger partial charge in [0, 0.05) is 18.5 Å². The summed E-state index contributed by atoms with van der Waals surface area (Å²) < 4.78 is 0. The minimum absolute atomic E-state index is 0.0415. The van der Waals surface area contributed by atoms with E-state index in [1.165, 1.54) is 0 Å².